The number of nitrogens with two attached hydrogens (primary N) is 1. The topological polar surface area (TPSA) is 89.1 Å². The molecule has 2 aromatic rings. The summed E-state index contributed by atoms with van der Waals surface area (Å²) in [6.07, 6.45) is -3.61. The van der Waals surface area contributed by atoms with Crippen molar-refractivity contribution in [1.29, 1.82) is 0 Å². The lowest BCUT2D eigenvalue weighted by Crippen LogP contribution is -2.35. The molecule has 2 aromatic heterocycles. The maximum absolute atomic E-state index is 13.7. The van der Waals surface area contributed by atoms with E-state index in [-0.39, 0.29) is 5.56 Å². The third kappa shape index (κ3) is 2.91. The molecular formula is C13H8F5N3O2. The Hall–Kier alpha value is -2.78. The minimum absolute atomic E-state index is 0.103. The molecule has 0 saturated heterocycles. The first kappa shape index (κ1) is 16.6. The maximum Gasteiger partial charge on any atom is 0.459 e. The molecule has 5 nitrogen and oxygen atoms in total. The number of rotatable bonds is 3. The van der Waals surface area contributed by atoms with E-state index in [1.165, 1.54) is 0 Å². The first-order chi connectivity index (χ1) is 10.6. The molecule has 0 atom stereocenters. The summed E-state index contributed by atoms with van der Waals surface area (Å²) in [6.45, 7) is 0. The van der Waals surface area contributed by atoms with Gasteiger partial charge in [-0.1, -0.05) is 0 Å². The summed E-state index contributed by atoms with van der Waals surface area (Å²) < 4.78 is 65.4. The van der Waals surface area contributed by atoms with Gasteiger partial charge in [0.15, 0.2) is 0 Å². The summed E-state index contributed by atoms with van der Waals surface area (Å²) in [4.78, 5) is 17.7. The van der Waals surface area contributed by atoms with Crippen LogP contribution in [-0.4, -0.2) is 27.2 Å². The van der Waals surface area contributed by atoms with Crippen molar-refractivity contribution in [3.05, 3.63) is 41.9 Å². The average molecular weight is 333 g/mol. The van der Waals surface area contributed by atoms with Gasteiger partial charge < -0.3 is 10.8 Å². The first-order valence-electron chi connectivity index (χ1n) is 5.95. The van der Waals surface area contributed by atoms with Crippen molar-refractivity contribution in [3.8, 4) is 11.1 Å². The number of nitrogen functional groups attached to an aromatic ring is 1. The summed E-state index contributed by atoms with van der Waals surface area (Å²) in [6, 6.07) is 2.93. The molecule has 2 rings (SSSR count). The quantitative estimate of drug-likeness (QED) is 0.843. The number of nitrogens with zero attached hydrogens (tertiary/aromatic N) is 2. The number of alkyl halides is 5. The molecule has 0 aliphatic heterocycles. The third-order valence-corrected chi connectivity index (χ3v) is 2.93. The largest absolute Gasteiger partial charge is 0.478 e. The van der Waals surface area contributed by atoms with Crippen LogP contribution in [0.15, 0.2) is 30.6 Å². The Labute approximate surface area is 125 Å². The third-order valence-electron chi connectivity index (χ3n) is 2.93. The van der Waals surface area contributed by atoms with Crippen molar-refractivity contribution in [2.45, 2.75) is 12.1 Å². The summed E-state index contributed by atoms with van der Waals surface area (Å²) in [7, 11) is 0. The van der Waals surface area contributed by atoms with Crippen molar-refractivity contribution < 1.29 is 31.9 Å². The normalized spacial score (nSPS) is 12.2. The van der Waals surface area contributed by atoms with Crippen LogP contribution in [0.2, 0.25) is 0 Å². The Kier molecular flexibility index (Phi) is 3.93. The minimum Gasteiger partial charge on any atom is -0.478 e. The van der Waals surface area contributed by atoms with E-state index in [2.05, 4.69) is 9.97 Å². The monoisotopic (exact) mass is 333 g/mol. The number of hydrogen-bond donors (Lipinski definition) is 2. The van der Waals surface area contributed by atoms with Gasteiger partial charge in [-0.3, -0.25) is 4.98 Å². The Morgan fingerprint density at radius 1 is 1.13 bits per heavy atom. The second-order valence-electron chi connectivity index (χ2n) is 4.43. The van der Waals surface area contributed by atoms with Gasteiger partial charge in [-0.2, -0.15) is 22.0 Å². The number of carbonyl (C=O) groups is 1. The number of aromatic nitrogens is 2. The fraction of sp³-hybridized carbons (Fsp3) is 0.154. The molecule has 0 radical (unpaired) electrons. The Morgan fingerprint density at radius 3 is 2.17 bits per heavy atom. The highest BCUT2D eigenvalue weighted by atomic mass is 19.4. The molecule has 0 bridgehead atoms. The summed E-state index contributed by atoms with van der Waals surface area (Å²) >= 11 is 0. The van der Waals surface area contributed by atoms with Crippen LogP contribution >= 0.6 is 0 Å². The molecule has 0 amide bonds. The standard InChI is InChI=1S/C13H8F5N3O2/c14-12(15,13(16,17)18)9-7(6-1-3-20-4-2-6)5-8(11(22)23)10(19)21-9/h1-5H,(H2,19,21)(H,22,23). The number of anilines is 1. The number of halogens is 5. The zero-order valence-electron chi connectivity index (χ0n) is 11.1. The molecule has 0 aliphatic carbocycles. The smallest absolute Gasteiger partial charge is 0.459 e. The predicted molar refractivity (Wildman–Crippen MR) is 68.8 cm³/mol. The molecule has 0 saturated carbocycles. The van der Waals surface area contributed by atoms with Gasteiger partial charge in [0.05, 0.1) is 0 Å². The van der Waals surface area contributed by atoms with Crippen LogP contribution in [0.5, 0.6) is 0 Å². The molecule has 3 N–H and O–H groups in total. The summed E-state index contributed by atoms with van der Waals surface area (Å²) in [5.74, 6) is -7.85. The van der Waals surface area contributed by atoms with Gasteiger partial charge in [-0.05, 0) is 23.8 Å². The highest BCUT2D eigenvalue weighted by Gasteiger charge is 2.61. The highest BCUT2D eigenvalue weighted by molar-refractivity contribution is 5.94. The molecule has 0 fully saturated rings. The predicted octanol–water partition coefficient (Wildman–Crippen LogP) is 3.08. The van der Waals surface area contributed by atoms with Crippen molar-refractivity contribution in [3.63, 3.8) is 0 Å². The van der Waals surface area contributed by atoms with Crippen molar-refractivity contribution >= 4 is 11.8 Å². The summed E-state index contributed by atoms with van der Waals surface area (Å²) in [5.41, 5.74) is 2.06. The molecule has 0 aromatic carbocycles. The minimum atomic E-state index is -5.92. The van der Waals surface area contributed by atoms with E-state index in [1.807, 2.05) is 0 Å². The average Bonchev–Trinajstić information content (AvgIpc) is 2.46. The van der Waals surface area contributed by atoms with Crippen LogP contribution in [0.1, 0.15) is 16.1 Å². The zero-order chi connectivity index (χ0) is 17.4. The molecule has 122 valence electrons. The van der Waals surface area contributed by atoms with Crippen molar-refractivity contribution in [2.24, 2.45) is 0 Å². The molecule has 10 heteroatoms. The van der Waals surface area contributed by atoms with Crippen molar-refractivity contribution in [1.82, 2.24) is 9.97 Å². The lowest BCUT2D eigenvalue weighted by molar-refractivity contribution is -0.290. The Morgan fingerprint density at radius 2 is 1.70 bits per heavy atom. The van der Waals surface area contributed by atoms with Gasteiger partial charge in [0.25, 0.3) is 0 Å². The van der Waals surface area contributed by atoms with Gasteiger partial charge in [0, 0.05) is 18.0 Å². The van der Waals surface area contributed by atoms with Crippen LogP contribution in [0.25, 0.3) is 11.1 Å². The van der Waals surface area contributed by atoms with E-state index in [0.717, 1.165) is 24.5 Å². The first-order valence-corrected chi connectivity index (χ1v) is 5.95. The molecule has 0 spiro atoms. The lowest BCUT2D eigenvalue weighted by atomic mass is 9.99. The number of pyridine rings is 2. The van der Waals surface area contributed by atoms with Gasteiger partial charge in [-0.25, -0.2) is 9.78 Å². The highest BCUT2D eigenvalue weighted by Crippen LogP contribution is 2.46. The van der Waals surface area contributed by atoms with E-state index in [4.69, 9.17) is 10.8 Å². The number of hydrogen-bond acceptors (Lipinski definition) is 4. The van der Waals surface area contributed by atoms with Crippen LogP contribution in [0.3, 0.4) is 0 Å². The second-order valence-corrected chi connectivity index (χ2v) is 4.43. The van der Waals surface area contributed by atoms with E-state index < -0.39 is 40.7 Å². The zero-order valence-corrected chi connectivity index (χ0v) is 11.1. The second kappa shape index (κ2) is 5.45. The molecule has 0 aliphatic rings. The fourth-order valence-electron chi connectivity index (χ4n) is 1.82. The number of carboxylic acids is 1. The molecule has 23 heavy (non-hydrogen) atoms. The van der Waals surface area contributed by atoms with Crippen LogP contribution < -0.4 is 5.73 Å². The maximum atomic E-state index is 13.7. The van der Waals surface area contributed by atoms with E-state index in [9.17, 15) is 26.7 Å². The van der Waals surface area contributed by atoms with E-state index in [0.29, 0.717) is 6.07 Å². The van der Waals surface area contributed by atoms with Crippen molar-refractivity contribution in [2.75, 3.05) is 5.73 Å². The molecular weight excluding hydrogens is 325 g/mol. The molecule has 2 heterocycles. The molecule has 0 unspecified atom stereocenters. The van der Waals surface area contributed by atoms with Gasteiger partial charge in [0.2, 0.25) is 0 Å². The van der Waals surface area contributed by atoms with Crippen LogP contribution in [0.4, 0.5) is 27.8 Å². The number of aromatic carboxylic acids is 1. The van der Waals surface area contributed by atoms with Gasteiger partial charge >= 0.3 is 18.1 Å². The van der Waals surface area contributed by atoms with E-state index >= 15 is 0 Å². The Bertz CT molecular complexity index is 747. The number of carboxylic acid groups (broad SMARTS) is 1. The Balaban J connectivity index is 2.81. The fourth-order valence-corrected chi connectivity index (χ4v) is 1.82. The van der Waals surface area contributed by atoms with Gasteiger partial charge in [-0.15, -0.1) is 0 Å². The van der Waals surface area contributed by atoms with E-state index in [1.54, 1.807) is 0 Å². The lowest BCUT2D eigenvalue weighted by Gasteiger charge is -2.22. The van der Waals surface area contributed by atoms with Crippen LogP contribution in [0, 0.1) is 0 Å². The van der Waals surface area contributed by atoms with Gasteiger partial charge in [0.1, 0.15) is 17.1 Å². The summed E-state index contributed by atoms with van der Waals surface area (Å²) in [5, 5.41) is 8.95. The SMILES string of the molecule is Nc1nc(C(F)(F)C(F)(F)F)c(-c2ccncc2)cc1C(=O)O. The van der Waals surface area contributed by atoms with Crippen LogP contribution in [-0.2, 0) is 5.92 Å².